The summed E-state index contributed by atoms with van der Waals surface area (Å²) in [6, 6.07) is 6.02. The van der Waals surface area contributed by atoms with Crippen LogP contribution in [0.4, 0.5) is 13.2 Å². The Labute approximate surface area is 185 Å². The van der Waals surface area contributed by atoms with E-state index in [9.17, 15) is 18.3 Å². The number of aliphatic hydroxyl groups is 1. The summed E-state index contributed by atoms with van der Waals surface area (Å²) in [5, 5.41) is 11.0. The maximum absolute atomic E-state index is 12.3. The number of halogens is 3. The van der Waals surface area contributed by atoms with Crippen LogP contribution >= 0.6 is 0 Å². The molecule has 3 rings (SSSR count). The summed E-state index contributed by atoms with van der Waals surface area (Å²) in [4.78, 5) is 0. The Bertz CT molecular complexity index is 640. The van der Waals surface area contributed by atoms with Gasteiger partial charge in [0.1, 0.15) is 5.75 Å². The molecule has 0 unspecified atom stereocenters. The zero-order valence-corrected chi connectivity index (χ0v) is 18.9. The summed E-state index contributed by atoms with van der Waals surface area (Å²) >= 11 is 0. The molecular weight excluding hydrogens is 401 g/mol. The first-order valence-corrected chi connectivity index (χ1v) is 12.3. The lowest BCUT2D eigenvalue weighted by molar-refractivity contribution is -0.274. The topological polar surface area (TPSA) is 29.5 Å². The minimum atomic E-state index is -4.66. The van der Waals surface area contributed by atoms with Crippen molar-refractivity contribution < 1.29 is 23.0 Å². The summed E-state index contributed by atoms with van der Waals surface area (Å²) in [5.41, 5.74) is 0.307. The smallest absolute Gasteiger partial charge is 0.406 e. The van der Waals surface area contributed by atoms with Gasteiger partial charge in [-0.15, -0.1) is 13.2 Å². The molecule has 1 aromatic carbocycles. The normalized spacial score (nSPS) is 29.6. The van der Waals surface area contributed by atoms with Gasteiger partial charge in [0.2, 0.25) is 0 Å². The van der Waals surface area contributed by atoms with E-state index in [1.807, 2.05) is 0 Å². The van der Waals surface area contributed by atoms with Crippen molar-refractivity contribution in [1.82, 2.24) is 0 Å². The van der Waals surface area contributed by atoms with E-state index >= 15 is 0 Å². The van der Waals surface area contributed by atoms with Crippen LogP contribution in [0.1, 0.15) is 96.0 Å². The minimum Gasteiger partial charge on any atom is -0.406 e. The third-order valence-electron chi connectivity index (χ3n) is 7.77. The molecule has 31 heavy (non-hydrogen) atoms. The van der Waals surface area contributed by atoms with Gasteiger partial charge in [-0.3, -0.25) is 0 Å². The fourth-order valence-corrected chi connectivity index (χ4v) is 5.77. The first kappa shape index (κ1) is 24.4. The molecule has 0 aromatic heterocycles. The molecule has 1 aromatic rings. The van der Waals surface area contributed by atoms with Crippen LogP contribution in [0.5, 0.6) is 5.75 Å². The van der Waals surface area contributed by atoms with Crippen molar-refractivity contribution in [3.05, 3.63) is 29.8 Å². The van der Waals surface area contributed by atoms with Gasteiger partial charge in [0.15, 0.2) is 0 Å². The molecule has 2 saturated carbocycles. The summed E-state index contributed by atoms with van der Waals surface area (Å²) in [6.45, 7) is 2.27. The number of benzene rings is 1. The third kappa shape index (κ3) is 8.00. The number of aryl methyl sites for hydroxylation is 1. The maximum atomic E-state index is 12.3. The molecule has 0 saturated heterocycles. The van der Waals surface area contributed by atoms with E-state index in [2.05, 4.69) is 11.7 Å². The van der Waals surface area contributed by atoms with E-state index in [1.165, 1.54) is 63.5 Å². The molecule has 0 spiro atoms. The second kappa shape index (κ2) is 11.1. The van der Waals surface area contributed by atoms with Gasteiger partial charge in [-0.1, -0.05) is 57.6 Å². The van der Waals surface area contributed by atoms with E-state index in [0.29, 0.717) is 12.8 Å². The van der Waals surface area contributed by atoms with E-state index in [1.54, 1.807) is 12.1 Å². The molecule has 0 bridgehead atoms. The van der Waals surface area contributed by atoms with Crippen molar-refractivity contribution in [2.24, 2.45) is 17.8 Å². The third-order valence-corrected chi connectivity index (χ3v) is 7.77. The molecule has 5 heteroatoms. The van der Waals surface area contributed by atoms with Crippen molar-refractivity contribution in [2.45, 2.75) is 109 Å². The van der Waals surface area contributed by atoms with Gasteiger partial charge in [0, 0.05) is 0 Å². The second-order valence-corrected chi connectivity index (χ2v) is 10.0. The highest BCUT2D eigenvalue weighted by atomic mass is 19.4. The summed E-state index contributed by atoms with van der Waals surface area (Å²) < 4.78 is 40.7. The Balaban J connectivity index is 1.38. The summed E-state index contributed by atoms with van der Waals surface area (Å²) in [6.07, 6.45) is 11.6. The van der Waals surface area contributed by atoms with Crippen LogP contribution < -0.4 is 4.74 Å². The maximum Gasteiger partial charge on any atom is 0.573 e. The number of unbranched alkanes of at least 4 members (excludes halogenated alkanes) is 2. The molecule has 0 atom stereocenters. The minimum absolute atomic E-state index is 0.199. The van der Waals surface area contributed by atoms with Crippen LogP contribution in [0.25, 0.3) is 0 Å². The van der Waals surface area contributed by atoms with Crippen LogP contribution in [-0.2, 0) is 6.42 Å². The van der Waals surface area contributed by atoms with Gasteiger partial charge < -0.3 is 9.84 Å². The second-order valence-electron chi connectivity index (χ2n) is 10.0. The Morgan fingerprint density at radius 1 is 0.935 bits per heavy atom. The predicted molar refractivity (Wildman–Crippen MR) is 118 cm³/mol. The van der Waals surface area contributed by atoms with Crippen molar-refractivity contribution in [3.63, 3.8) is 0 Å². The Kier molecular flexibility index (Phi) is 8.72. The number of rotatable bonds is 9. The number of hydrogen-bond acceptors (Lipinski definition) is 2. The molecule has 0 aliphatic heterocycles. The van der Waals surface area contributed by atoms with Crippen LogP contribution in [-0.4, -0.2) is 17.1 Å². The Hall–Kier alpha value is -1.23. The molecule has 2 aliphatic carbocycles. The monoisotopic (exact) mass is 440 g/mol. The summed E-state index contributed by atoms with van der Waals surface area (Å²) in [7, 11) is 0. The number of hydrogen-bond donors (Lipinski definition) is 1. The van der Waals surface area contributed by atoms with E-state index in [4.69, 9.17) is 0 Å². The highest BCUT2D eigenvalue weighted by Crippen LogP contribution is 2.44. The number of alkyl halides is 3. The average Bonchev–Trinajstić information content (AvgIpc) is 2.74. The first-order valence-electron chi connectivity index (χ1n) is 12.3. The van der Waals surface area contributed by atoms with Gasteiger partial charge in [-0.05, 0) is 86.8 Å². The van der Waals surface area contributed by atoms with Gasteiger partial charge >= 0.3 is 6.36 Å². The predicted octanol–water partition coefficient (Wildman–Crippen LogP) is 7.83. The fourth-order valence-electron chi connectivity index (χ4n) is 5.77. The fraction of sp³-hybridized carbons (Fsp3) is 0.769. The van der Waals surface area contributed by atoms with Gasteiger partial charge in [-0.2, -0.15) is 0 Å². The molecule has 0 radical (unpaired) electrons. The van der Waals surface area contributed by atoms with Crippen LogP contribution in [0.15, 0.2) is 24.3 Å². The SMILES string of the molecule is CCCCCC1CCC(C2CCC(O)(CCc3ccc(OC(F)(F)F)cc3)CC2)CC1. The van der Waals surface area contributed by atoms with Gasteiger partial charge in [0.05, 0.1) is 5.60 Å². The van der Waals surface area contributed by atoms with Crippen molar-refractivity contribution in [3.8, 4) is 5.75 Å². The molecule has 0 heterocycles. The van der Waals surface area contributed by atoms with E-state index in [0.717, 1.165) is 49.0 Å². The van der Waals surface area contributed by atoms with E-state index in [-0.39, 0.29) is 5.75 Å². The van der Waals surface area contributed by atoms with Crippen LogP contribution in [0.2, 0.25) is 0 Å². The van der Waals surface area contributed by atoms with Crippen molar-refractivity contribution >= 4 is 0 Å². The van der Waals surface area contributed by atoms with Crippen molar-refractivity contribution in [1.29, 1.82) is 0 Å². The van der Waals surface area contributed by atoms with Gasteiger partial charge in [0.25, 0.3) is 0 Å². The molecule has 2 nitrogen and oxygen atoms in total. The van der Waals surface area contributed by atoms with E-state index < -0.39 is 12.0 Å². The van der Waals surface area contributed by atoms with Gasteiger partial charge in [-0.25, -0.2) is 0 Å². The lowest BCUT2D eigenvalue weighted by Crippen LogP contribution is -2.37. The molecule has 1 N–H and O–H groups in total. The molecule has 176 valence electrons. The zero-order valence-electron chi connectivity index (χ0n) is 18.9. The molecular formula is C26H39F3O2. The van der Waals surface area contributed by atoms with Crippen molar-refractivity contribution in [2.75, 3.05) is 0 Å². The largest absolute Gasteiger partial charge is 0.573 e. The first-order chi connectivity index (χ1) is 14.8. The molecule has 2 fully saturated rings. The molecule has 0 amide bonds. The lowest BCUT2D eigenvalue weighted by atomic mass is 9.67. The lowest BCUT2D eigenvalue weighted by Gasteiger charge is -2.41. The Morgan fingerprint density at radius 2 is 1.55 bits per heavy atom. The van der Waals surface area contributed by atoms with Crippen LogP contribution in [0, 0.1) is 17.8 Å². The zero-order chi connectivity index (χ0) is 22.3. The summed E-state index contributed by atoms with van der Waals surface area (Å²) in [5.74, 6) is 2.34. The Morgan fingerprint density at radius 3 is 2.13 bits per heavy atom. The highest BCUT2D eigenvalue weighted by Gasteiger charge is 2.37. The average molecular weight is 441 g/mol. The standard InChI is InChI=1S/C26H39F3O2/c1-2-3-4-5-20-6-10-22(11-7-20)23-15-18-25(30,19-16-23)17-14-21-8-12-24(13-9-21)31-26(27,28)29/h8-9,12-13,20,22-23,30H,2-7,10-11,14-19H2,1H3. The van der Waals surface area contributed by atoms with Crippen LogP contribution in [0.3, 0.4) is 0 Å². The number of ether oxygens (including phenoxy) is 1. The quantitative estimate of drug-likeness (QED) is 0.397. The highest BCUT2D eigenvalue weighted by molar-refractivity contribution is 5.27. The molecule has 2 aliphatic rings.